The number of hydrazone groups is 1. The van der Waals surface area contributed by atoms with Gasteiger partial charge in [-0.2, -0.15) is 18.3 Å². The zero-order valence-corrected chi connectivity index (χ0v) is 10.8. The van der Waals surface area contributed by atoms with Gasteiger partial charge in [0.25, 0.3) is 0 Å². The number of alkyl halides is 3. The average molecular weight is 291 g/mol. The molecule has 0 spiro atoms. The van der Waals surface area contributed by atoms with Gasteiger partial charge in [0.2, 0.25) is 5.12 Å². The summed E-state index contributed by atoms with van der Waals surface area (Å²) in [6.45, 7) is 1.49. The Labute approximate surface area is 112 Å². The lowest BCUT2D eigenvalue weighted by atomic mass is 10.00. The Bertz CT molecular complexity index is 502. The highest BCUT2D eigenvalue weighted by molar-refractivity contribution is 8.26. The summed E-state index contributed by atoms with van der Waals surface area (Å²) >= 11 is 0.598. The van der Waals surface area contributed by atoms with Gasteiger partial charge >= 0.3 is 6.18 Å². The van der Waals surface area contributed by atoms with Crippen molar-refractivity contribution in [2.45, 2.75) is 19.0 Å². The van der Waals surface area contributed by atoms with Crippen molar-refractivity contribution in [2.24, 2.45) is 16.7 Å². The van der Waals surface area contributed by atoms with Crippen LogP contribution in [0.15, 0.2) is 29.4 Å². The molecule has 0 heterocycles. The number of carbonyl (C=O) groups excluding carboxylic acids is 1. The normalized spacial score (nSPS) is 14.2. The number of hydrogen-bond acceptors (Lipinski definition) is 4. The fraction of sp³-hybridized carbons (Fsp3) is 0.273. The molecule has 8 heteroatoms. The predicted octanol–water partition coefficient (Wildman–Crippen LogP) is 2.26. The highest BCUT2D eigenvalue weighted by Crippen LogP contribution is 2.32. The lowest BCUT2D eigenvalue weighted by Gasteiger charge is -2.13. The number of rotatable bonds is 2. The molecular formula is C11H12F3N3OS. The van der Waals surface area contributed by atoms with E-state index in [2.05, 4.69) is 5.10 Å². The number of nitrogens with zero attached hydrogens (tertiary/aromatic N) is 1. The second-order valence-corrected chi connectivity index (χ2v) is 4.76. The summed E-state index contributed by atoms with van der Waals surface area (Å²) in [5.74, 6) is 4.14. The zero-order chi connectivity index (χ0) is 14.6. The lowest BCUT2D eigenvalue weighted by molar-refractivity contribution is -0.137. The first kappa shape index (κ1) is 15.4. The van der Waals surface area contributed by atoms with Gasteiger partial charge in [-0.1, -0.05) is 25.1 Å². The van der Waals surface area contributed by atoms with E-state index in [0.29, 0.717) is 11.8 Å². The van der Waals surface area contributed by atoms with Crippen LogP contribution in [0.2, 0.25) is 0 Å². The average Bonchev–Trinajstić information content (AvgIpc) is 2.36. The third-order valence-corrected chi connectivity index (χ3v) is 3.27. The molecule has 4 nitrogen and oxygen atoms in total. The number of nitrogens with two attached hydrogens (primary N) is 2. The Balaban J connectivity index is 2.94. The van der Waals surface area contributed by atoms with E-state index in [1.54, 1.807) is 0 Å². The van der Waals surface area contributed by atoms with E-state index in [4.69, 9.17) is 11.6 Å². The summed E-state index contributed by atoms with van der Waals surface area (Å²) in [5, 5.41) is 2.56. The maximum atomic E-state index is 12.6. The maximum Gasteiger partial charge on any atom is 0.416 e. The van der Waals surface area contributed by atoms with Crippen molar-refractivity contribution >= 4 is 22.0 Å². The van der Waals surface area contributed by atoms with Crippen LogP contribution >= 0.6 is 11.8 Å². The molecule has 0 aliphatic carbocycles. The van der Waals surface area contributed by atoms with Crippen LogP contribution in [-0.4, -0.2) is 10.3 Å². The van der Waals surface area contributed by atoms with E-state index < -0.39 is 22.8 Å². The van der Waals surface area contributed by atoms with Gasteiger partial charge in [-0.05, 0) is 23.4 Å². The minimum atomic E-state index is -4.44. The van der Waals surface area contributed by atoms with Crippen LogP contribution in [0.4, 0.5) is 13.2 Å². The quantitative estimate of drug-likeness (QED) is 0.379. The number of hydrogen-bond donors (Lipinski definition) is 2. The van der Waals surface area contributed by atoms with Crippen molar-refractivity contribution in [3.63, 3.8) is 0 Å². The topological polar surface area (TPSA) is 81.5 Å². The molecule has 104 valence electrons. The summed E-state index contributed by atoms with van der Waals surface area (Å²) in [6.07, 6.45) is -4.44. The minimum Gasteiger partial charge on any atom is -0.377 e. The molecule has 0 aliphatic rings. The van der Waals surface area contributed by atoms with Gasteiger partial charge in [0.1, 0.15) is 0 Å². The Hall–Kier alpha value is -1.70. The molecule has 0 fully saturated rings. The molecule has 1 atom stereocenters. The van der Waals surface area contributed by atoms with E-state index >= 15 is 0 Å². The molecule has 1 aromatic carbocycles. The van der Waals surface area contributed by atoms with Gasteiger partial charge in [0.15, 0.2) is 5.17 Å². The van der Waals surface area contributed by atoms with Crippen molar-refractivity contribution < 1.29 is 18.0 Å². The summed E-state index contributed by atoms with van der Waals surface area (Å²) in [4.78, 5) is 11.7. The molecule has 0 saturated heterocycles. The number of amidine groups is 1. The number of halogens is 3. The van der Waals surface area contributed by atoms with E-state index in [1.807, 2.05) is 0 Å². The Morgan fingerprint density at radius 3 is 2.58 bits per heavy atom. The van der Waals surface area contributed by atoms with Crippen LogP contribution in [0, 0.1) is 0 Å². The van der Waals surface area contributed by atoms with Crippen LogP contribution in [0.1, 0.15) is 24.0 Å². The van der Waals surface area contributed by atoms with Crippen molar-refractivity contribution in [3.8, 4) is 0 Å². The molecule has 0 bridgehead atoms. The molecule has 1 rings (SSSR count). The first-order valence-electron chi connectivity index (χ1n) is 5.18. The predicted molar refractivity (Wildman–Crippen MR) is 68.3 cm³/mol. The molecule has 0 aliphatic heterocycles. The van der Waals surface area contributed by atoms with Crippen molar-refractivity contribution in [3.05, 3.63) is 35.4 Å². The first-order valence-corrected chi connectivity index (χ1v) is 5.99. The van der Waals surface area contributed by atoms with Gasteiger partial charge in [0, 0.05) is 0 Å². The molecule has 1 aromatic rings. The van der Waals surface area contributed by atoms with Crippen LogP contribution in [0.3, 0.4) is 0 Å². The van der Waals surface area contributed by atoms with Gasteiger partial charge < -0.3 is 11.6 Å². The molecule has 19 heavy (non-hydrogen) atoms. The van der Waals surface area contributed by atoms with E-state index in [-0.39, 0.29) is 10.7 Å². The monoisotopic (exact) mass is 291 g/mol. The van der Waals surface area contributed by atoms with Crippen LogP contribution < -0.4 is 11.6 Å². The molecule has 0 radical (unpaired) electrons. The van der Waals surface area contributed by atoms with Gasteiger partial charge in [-0.3, -0.25) is 4.79 Å². The third kappa shape index (κ3) is 4.16. The molecule has 0 saturated carbocycles. The first-order chi connectivity index (χ1) is 8.75. The summed E-state index contributed by atoms with van der Waals surface area (Å²) in [6, 6.07) is 4.60. The van der Waals surface area contributed by atoms with Crippen LogP contribution in [0.25, 0.3) is 0 Å². The molecule has 0 aromatic heterocycles. The highest BCUT2D eigenvalue weighted by Gasteiger charge is 2.31. The SMILES string of the molecule is CC(C(=O)SC(N)=NN)c1cccc(C(F)(F)F)c1. The van der Waals surface area contributed by atoms with Gasteiger partial charge in [-0.25, -0.2) is 0 Å². The Morgan fingerprint density at radius 1 is 1.42 bits per heavy atom. The molecule has 4 N–H and O–H groups in total. The summed E-state index contributed by atoms with van der Waals surface area (Å²) in [7, 11) is 0. The second-order valence-electron chi connectivity index (χ2n) is 3.73. The smallest absolute Gasteiger partial charge is 0.377 e. The van der Waals surface area contributed by atoms with Crippen molar-refractivity contribution in [1.82, 2.24) is 0 Å². The van der Waals surface area contributed by atoms with Gasteiger partial charge in [0.05, 0.1) is 11.5 Å². The highest BCUT2D eigenvalue weighted by atomic mass is 32.2. The van der Waals surface area contributed by atoms with Crippen molar-refractivity contribution in [2.75, 3.05) is 0 Å². The second kappa shape index (κ2) is 5.96. The standard InChI is InChI=1S/C11H12F3N3OS/c1-6(9(18)19-10(15)17-16)7-3-2-4-8(5-7)11(12,13)14/h2-6H,16H2,1H3,(H2,15,17). The van der Waals surface area contributed by atoms with E-state index in [1.165, 1.54) is 19.1 Å². The van der Waals surface area contributed by atoms with E-state index in [0.717, 1.165) is 12.1 Å². The molecule has 1 unspecified atom stereocenters. The van der Waals surface area contributed by atoms with Crippen LogP contribution in [-0.2, 0) is 11.0 Å². The van der Waals surface area contributed by atoms with Gasteiger partial charge in [-0.15, -0.1) is 0 Å². The maximum absolute atomic E-state index is 12.6. The zero-order valence-electron chi connectivity index (χ0n) is 9.94. The van der Waals surface area contributed by atoms with Crippen molar-refractivity contribution in [1.29, 1.82) is 0 Å². The Morgan fingerprint density at radius 2 is 2.05 bits per heavy atom. The van der Waals surface area contributed by atoms with Crippen LogP contribution in [0.5, 0.6) is 0 Å². The largest absolute Gasteiger partial charge is 0.416 e. The number of thioether (sulfide) groups is 1. The molecule has 0 amide bonds. The van der Waals surface area contributed by atoms with E-state index in [9.17, 15) is 18.0 Å². The molecular weight excluding hydrogens is 279 g/mol. The third-order valence-electron chi connectivity index (χ3n) is 2.40. The summed E-state index contributed by atoms with van der Waals surface area (Å²) < 4.78 is 37.7. The Kier molecular flexibility index (Phi) is 4.82. The lowest BCUT2D eigenvalue weighted by Crippen LogP contribution is -2.16. The number of benzene rings is 1. The minimum absolute atomic E-state index is 0.135. The summed E-state index contributed by atoms with van der Waals surface area (Å²) in [5.41, 5.74) is 4.74. The number of carbonyl (C=O) groups is 1. The fourth-order valence-corrected chi connectivity index (χ4v) is 1.91. The fourth-order valence-electron chi connectivity index (χ4n) is 1.34.